The molecule has 0 bridgehead atoms. The minimum atomic E-state index is -4.80. The van der Waals surface area contributed by atoms with Crippen LogP contribution in [-0.4, -0.2) is 23.2 Å². The number of rotatable bonds is 3. The highest BCUT2D eigenvalue weighted by Gasteiger charge is 2.31. The second-order valence-electron chi connectivity index (χ2n) is 4.35. The molecule has 0 aliphatic heterocycles. The first-order chi connectivity index (χ1) is 11.7. The first kappa shape index (κ1) is 22.5. The molecule has 0 amide bonds. The summed E-state index contributed by atoms with van der Waals surface area (Å²) in [5, 5.41) is 0. The summed E-state index contributed by atoms with van der Waals surface area (Å²) in [5.74, 6) is -1.13. The molecule has 144 valence electrons. The predicted molar refractivity (Wildman–Crippen MR) is 85.6 cm³/mol. The number of hydrogen-bond acceptors (Lipinski definition) is 5. The van der Waals surface area contributed by atoms with Gasteiger partial charge in [0.15, 0.2) is 0 Å². The van der Waals surface area contributed by atoms with E-state index in [-0.39, 0.29) is 9.79 Å². The van der Waals surface area contributed by atoms with Gasteiger partial charge < -0.3 is 4.74 Å². The fourth-order valence-corrected chi connectivity index (χ4v) is 2.97. The number of alkyl halides is 3. The summed E-state index contributed by atoms with van der Waals surface area (Å²) in [6, 6.07) is 8.09. The lowest BCUT2D eigenvalue weighted by atomic mass is 10.3. The SMILES string of the molecule is O=S(=O)(Cl)c1ccc(OC(F)(F)F)cc1.O=S(=O)(Cl)c1cccc(F)c1. The van der Waals surface area contributed by atoms with Crippen LogP contribution >= 0.6 is 21.4 Å². The van der Waals surface area contributed by atoms with Gasteiger partial charge >= 0.3 is 6.36 Å². The van der Waals surface area contributed by atoms with Crippen LogP contribution in [0.2, 0.25) is 0 Å². The van der Waals surface area contributed by atoms with Crippen molar-refractivity contribution in [2.45, 2.75) is 16.2 Å². The maximum atomic E-state index is 12.4. The van der Waals surface area contributed by atoms with Crippen LogP contribution in [0.3, 0.4) is 0 Å². The van der Waals surface area contributed by atoms with Crippen LogP contribution in [-0.2, 0) is 18.1 Å². The maximum absolute atomic E-state index is 12.4. The van der Waals surface area contributed by atoms with Crippen molar-refractivity contribution in [1.29, 1.82) is 0 Å². The lowest BCUT2D eigenvalue weighted by Crippen LogP contribution is -2.17. The van der Waals surface area contributed by atoms with E-state index < -0.39 is 36.0 Å². The van der Waals surface area contributed by atoms with E-state index in [1.54, 1.807) is 0 Å². The summed E-state index contributed by atoms with van der Waals surface area (Å²) in [6.07, 6.45) is -4.80. The molecule has 0 heterocycles. The van der Waals surface area contributed by atoms with Crippen LogP contribution in [0.15, 0.2) is 58.3 Å². The molecule has 2 rings (SSSR count). The molecule has 0 radical (unpaired) electrons. The summed E-state index contributed by atoms with van der Waals surface area (Å²) in [4.78, 5) is -0.516. The Morgan fingerprint density at radius 3 is 1.65 bits per heavy atom. The number of benzene rings is 2. The standard InChI is InChI=1S/C7H4ClF3O3S.C6H4ClFO2S/c8-15(12,13)6-3-1-5(2-4-6)14-7(9,10)11;7-11(9,10)6-3-1-2-5(8)4-6/h1-4H;1-4H. The molecule has 0 atom stereocenters. The Labute approximate surface area is 154 Å². The molecule has 0 aromatic heterocycles. The highest BCUT2D eigenvalue weighted by molar-refractivity contribution is 8.14. The molecule has 26 heavy (non-hydrogen) atoms. The zero-order chi connectivity index (χ0) is 20.2. The zero-order valence-electron chi connectivity index (χ0n) is 12.2. The minimum Gasteiger partial charge on any atom is -0.406 e. The van der Waals surface area contributed by atoms with Crippen molar-refractivity contribution in [3.63, 3.8) is 0 Å². The summed E-state index contributed by atoms with van der Waals surface area (Å²) in [7, 11) is 2.17. The van der Waals surface area contributed by atoms with E-state index in [0.29, 0.717) is 0 Å². The van der Waals surface area contributed by atoms with E-state index >= 15 is 0 Å². The van der Waals surface area contributed by atoms with Gasteiger partial charge in [-0.2, -0.15) is 0 Å². The first-order valence-electron chi connectivity index (χ1n) is 6.19. The van der Waals surface area contributed by atoms with Crippen LogP contribution in [0.4, 0.5) is 17.6 Å². The Morgan fingerprint density at radius 1 is 0.808 bits per heavy atom. The van der Waals surface area contributed by atoms with Gasteiger partial charge in [0.05, 0.1) is 9.79 Å². The Kier molecular flexibility index (Phi) is 7.28. The highest BCUT2D eigenvalue weighted by Crippen LogP contribution is 2.24. The second-order valence-corrected chi connectivity index (χ2v) is 9.48. The normalized spacial score (nSPS) is 12.1. The molecule has 0 spiro atoms. The van der Waals surface area contributed by atoms with Gasteiger partial charge in [0.1, 0.15) is 11.6 Å². The fraction of sp³-hybridized carbons (Fsp3) is 0.0769. The Bertz CT molecular complexity index is 959. The van der Waals surface area contributed by atoms with Gasteiger partial charge in [-0.3, -0.25) is 0 Å². The van der Waals surface area contributed by atoms with Crippen LogP contribution in [0.25, 0.3) is 0 Å². The molecule has 0 unspecified atom stereocenters. The van der Waals surface area contributed by atoms with Gasteiger partial charge in [-0.25, -0.2) is 21.2 Å². The highest BCUT2D eigenvalue weighted by atomic mass is 35.7. The van der Waals surface area contributed by atoms with E-state index in [9.17, 15) is 34.4 Å². The molecular formula is C13H8Cl2F4O5S2. The van der Waals surface area contributed by atoms with Crippen molar-refractivity contribution in [3.8, 4) is 5.75 Å². The van der Waals surface area contributed by atoms with Gasteiger partial charge in [-0.15, -0.1) is 13.2 Å². The van der Waals surface area contributed by atoms with Crippen LogP contribution in [0.5, 0.6) is 5.75 Å². The van der Waals surface area contributed by atoms with Crippen LogP contribution < -0.4 is 4.74 Å². The maximum Gasteiger partial charge on any atom is 0.573 e. The van der Waals surface area contributed by atoms with Crippen LogP contribution in [0, 0.1) is 5.82 Å². The van der Waals surface area contributed by atoms with Gasteiger partial charge in [0.25, 0.3) is 18.1 Å². The van der Waals surface area contributed by atoms with Gasteiger partial charge in [0, 0.05) is 21.4 Å². The Hall–Kier alpha value is -1.56. The van der Waals surface area contributed by atoms with Crippen molar-refractivity contribution in [2.75, 3.05) is 0 Å². The van der Waals surface area contributed by atoms with Crippen molar-refractivity contribution in [1.82, 2.24) is 0 Å². The molecule has 13 heteroatoms. The second kappa shape index (κ2) is 8.42. The summed E-state index contributed by atoms with van der Waals surface area (Å²) >= 11 is 0. The van der Waals surface area contributed by atoms with Gasteiger partial charge in [-0.05, 0) is 42.5 Å². The molecule has 0 saturated carbocycles. The Balaban J connectivity index is 0.000000273. The third-order valence-corrected chi connectivity index (χ3v) is 5.14. The van der Waals surface area contributed by atoms with Crippen molar-refractivity contribution < 1.29 is 39.1 Å². The number of halogens is 6. The molecular weight excluding hydrogens is 447 g/mol. The molecule has 2 aromatic rings. The molecule has 2 aromatic carbocycles. The fourth-order valence-electron chi connectivity index (χ4n) is 1.42. The lowest BCUT2D eigenvalue weighted by Gasteiger charge is -2.08. The zero-order valence-corrected chi connectivity index (χ0v) is 15.4. The average molecular weight is 455 g/mol. The smallest absolute Gasteiger partial charge is 0.406 e. The average Bonchev–Trinajstić information content (AvgIpc) is 2.45. The summed E-state index contributed by atoms with van der Waals surface area (Å²) < 4.78 is 93.7. The van der Waals surface area contributed by atoms with Crippen LogP contribution in [0.1, 0.15) is 0 Å². The Morgan fingerprint density at radius 2 is 1.31 bits per heavy atom. The number of hydrogen-bond donors (Lipinski definition) is 0. The first-order valence-corrected chi connectivity index (χ1v) is 10.8. The largest absolute Gasteiger partial charge is 0.573 e. The van der Waals surface area contributed by atoms with Crippen molar-refractivity contribution in [3.05, 3.63) is 54.3 Å². The summed E-state index contributed by atoms with van der Waals surface area (Å²) in [5.41, 5.74) is 0. The van der Waals surface area contributed by atoms with E-state index in [1.165, 1.54) is 12.1 Å². The van der Waals surface area contributed by atoms with Gasteiger partial charge in [0.2, 0.25) is 0 Å². The van der Waals surface area contributed by atoms with Crippen molar-refractivity contribution in [2.24, 2.45) is 0 Å². The van der Waals surface area contributed by atoms with E-state index in [4.69, 9.17) is 21.4 Å². The molecule has 0 saturated heterocycles. The summed E-state index contributed by atoms with van der Waals surface area (Å²) in [6.45, 7) is 0. The predicted octanol–water partition coefficient (Wildman–Crippen LogP) is 4.27. The lowest BCUT2D eigenvalue weighted by molar-refractivity contribution is -0.274. The van der Waals surface area contributed by atoms with E-state index in [0.717, 1.165) is 36.4 Å². The molecule has 0 aliphatic rings. The molecule has 0 fully saturated rings. The number of ether oxygens (including phenoxy) is 1. The molecule has 0 aliphatic carbocycles. The monoisotopic (exact) mass is 454 g/mol. The third kappa shape index (κ3) is 8.21. The molecule has 0 N–H and O–H groups in total. The quantitative estimate of drug-likeness (QED) is 0.511. The van der Waals surface area contributed by atoms with E-state index in [2.05, 4.69) is 4.74 Å². The van der Waals surface area contributed by atoms with Gasteiger partial charge in [-0.1, -0.05) is 6.07 Å². The third-order valence-electron chi connectivity index (χ3n) is 2.42. The minimum absolute atomic E-state index is 0.223. The molecule has 5 nitrogen and oxygen atoms in total. The van der Waals surface area contributed by atoms with Crippen molar-refractivity contribution >= 4 is 39.5 Å². The van der Waals surface area contributed by atoms with E-state index in [1.807, 2.05) is 0 Å². The topological polar surface area (TPSA) is 77.5 Å².